The lowest BCUT2D eigenvalue weighted by Gasteiger charge is -2.19. The molecule has 108 valence electrons. The van der Waals surface area contributed by atoms with Crippen LogP contribution in [-0.2, 0) is 7.05 Å². The van der Waals surface area contributed by atoms with Gasteiger partial charge < -0.3 is 14.8 Å². The number of nitrogens with zero attached hydrogens (tertiary/aromatic N) is 2. The first-order valence-electron chi connectivity index (χ1n) is 6.50. The molecule has 5 heteroatoms. The Morgan fingerprint density at radius 1 is 1.20 bits per heavy atom. The number of ether oxygens (including phenoxy) is 2. The van der Waals surface area contributed by atoms with Crippen LogP contribution in [0.2, 0.25) is 0 Å². The first-order chi connectivity index (χ1) is 9.60. The fraction of sp³-hybridized carbons (Fsp3) is 0.400. The van der Waals surface area contributed by atoms with Crippen LogP contribution in [0.3, 0.4) is 0 Å². The molecule has 0 saturated heterocycles. The van der Waals surface area contributed by atoms with E-state index >= 15 is 0 Å². The van der Waals surface area contributed by atoms with Gasteiger partial charge in [-0.2, -0.15) is 5.10 Å². The maximum Gasteiger partial charge on any atom is 0.124 e. The number of aryl methyl sites for hydroxylation is 2. The highest BCUT2D eigenvalue weighted by Gasteiger charge is 2.21. The maximum absolute atomic E-state index is 5.47. The third-order valence-corrected chi connectivity index (χ3v) is 3.40. The van der Waals surface area contributed by atoms with Crippen molar-refractivity contribution in [3.63, 3.8) is 0 Å². The van der Waals surface area contributed by atoms with Crippen molar-refractivity contribution in [3.05, 3.63) is 41.2 Å². The minimum absolute atomic E-state index is 0.00810. The topological polar surface area (TPSA) is 48.3 Å². The van der Waals surface area contributed by atoms with Crippen LogP contribution < -0.4 is 14.8 Å². The molecule has 2 rings (SSSR count). The number of aromatic nitrogens is 2. The molecule has 0 radical (unpaired) electrons. The summed E-state index contributed by atoms with van der Waals surface area (Å²) in [5.41, 5.74) is 3.16. The molecule has 0 aliphatic carbocycles. The Labute approximate surface area is 119 Å². The van der Waals surface area contributed by atoms with E-state index in [0.717, 1.165) is 28.3 Å². The fourth-order valence-electron chi connectivity index (χ4n) is 2.44. The van der Waals surface area contributed by atoms with Gasteiger partial charge >= 0.3 is 0 Å². The Hall–Kier alpha value is -2.01. The van der Waals surface area contributed by atoms with E-state index in [-0.39, 0.29) is 6.04 Å². The summed E-state index contributed by atoms with van der Waals surface area (Å²) in [4.78, 5) is 0. The monoisotopic (exact) mass is 275 g/mol. The van der Waals surface area contributed by atoms with Gasteiger partial charge in [-0.05, 0) is 32.2 Å². The summed E-state index contributed by atoms with van der Waals surface area (Å²) >= 11 is 0. The van der Waals surface area contributed by atoms with Crippen molar-refractivity contribution in [1.29, 1.82) is 0 Å². The Kier molecular flexibility index (Phi) is 4.29. The third kappa shape index (κ3) is 2.63. The van der Waals surface area contributed by atoms with Crippen LogP contribution in [0.1, 0.15) is 22.9 Å². The van der Waals surface area contributed by atoms with Gasteiger partial charge in [0.05, 0.1) is 26.0 Å². The molecular formula is C15H21N3O2. The molecule has 0 amide bonds. The van der Waals surface area contributed by atoms with E-state index in [9.17, 15) is 0 Å². The zero-order valence-electron chi connectivity index (χ0n) is 12.6. The standard InChI is InChI=1S/C15H21N3O2/c1-10-13(9-18(3)17-10)15(16-2)12-8-11(19-4)6-7-14(12)20-5/h6-9,15-16H,1-5H3. The van der Waals surface area contributed by atoms with Crippen molar-refractivity contribution < 1.29 is 9.47 Å². The van der Waals surface area contributed by atoms with Crippen LogP contribution in [0.4, 0.5) is 0 Å². The van der Waals surface area contributed by atoms with Crippen molar-refractivity contribution in [1.82, 2.24) is 15.1 Å². The minimum Gasteiger partial charge on any atom is -0.497 e. The van der Waals surface area contributed by atoms with Crippen LogP contribution in [0.25, 0.3) is 0 Å². The van der Waals surface area contributed by atoms with Gasteiger partial charge in [-0.1, -0.05) is 0 Å². The van der Waals surface area contributed by atoms with Gasteiger partial charge in [0.25, 0.3) is 0 Å². The molecule has 0 saturated carbocycles. The number of rotatable bonds is 5. The summed E-state index contributed by atoms with van der Waals surface area (Å²) in [6, 6.07) is 5.82. The quantitative estimate of drug-likeness (QED) is 0.907. The van der Waals surface area contributed by atoms with Gasteiger partial charge in [0.15, 0.2) is 0 Å². The first kappa shape index (κ1) is 14.4. The highest BCUT2D eigenvalue weighted by molar-refractivity contribution is 5.46. The summed E-state index contributed by atoms with van der Waals surface area (Å²) in [6.07, 6.45) is 2.02. The van der Waals surface area contributed by atoms with Gasteiger partial charge in [-0.25, -0.2) is 0 Å². The Morgan fingerprint density at radius 2 is 1.95 bits per heavy atom. The second-order valence-corrected chi connectivity index (χ2v) is 4.67. The lowest BCUT2D eigenvalue weighted by atomic mass is 9.98. The average Bonchev–Trinajstić information content (AvgIpc) is 2.78. The van der Waals surface area contributed by atoms with Crippen LogP contribution in [0, 0.1) is 6.92 Å². The molecule has 2 aromatic rings. The normalized spacial score (nSPS) is 12.2. The lowest BCUT2D eigenvalue weighted by Crippen LogP contribution is -2.19. The molecule has 0 bridgehead atoms. The van der Waals surface area contributed by atoms with E-state index in [1.165, 1.54) is 0 Å². The van der Waals surface area contributed by atoms with E-state index in [1.54, 1.807) is 14.2 Å². The first-order valence-corrected chi connectivity index (χ1v) is 6.50. The molecule has 1 unspecified atom stereocenters. The van der Waals surface area contributed by atoms with Crippen molar-refractivity contribution in [2.45, 2.75) is 13.0 Å². The number of nitrogens with one attached hydrogen (secondary N) is 1. The molecule has 1 heterocycles. The highest BCUT2D eigenvalue weighted by Crippen LogP contribution is 2.33. The molecule has 5 nitrogen and oxygen atoms in total. The summed E-state index contributed by atoms with van der Waals surface area (Å²) in [5.74, 6) is 1.64. The zero-order chi connectivity index (χ0) is 14.7. The Balaban J connectivity index is 2.53. The van der Waals surface area contributed by atoms with Crippen molar-refractivity contribution in [2.24, 2.45) is 7.05 Å². The maximum atomic E-state index is 5.47. The van der Waals surface area contributed by atoms with Crippen molar-refractivity contribution >= 4 is 0 Å². The SMILES string of the molecule is CNC(c1cc(OC)ccc1OC)c1cn(C)nc1C. The molecule has 1 N–H and O–H groups in total. The molecule has 1 aromatic heterocycles. The van der Waals surface area contributed by atoms with E-state index in [4.69, 9.17) is 9.47 Å². The van der Waals surface area contributed by atoms with Crippen LogP contribution >= 0.6 is 0 Å². The second-order valence-electron chi connectivity index (χ2n) is 4.67. The third-order valence-electron chi connectivity index (χ3n) is 3.40. The fourth-order valence-corrected chi connectivity index (χ4v) is 2.44. The lowest BCUT2D eigenvalue weighted by molar-refractivity contribution is 0.395. The molecular weight excluding hydrogens is 254 g/mol. The summed E-state index contributed by atoms with van der Waals surface area (Å²) < 4.78 is 12.6. The molecule has 0 aliphatic rings. The summed E-state index contributed by atoms with van der Waals surface area (Å²) in [5, 5.41) is 7.73. The molecule has 0 spiro atoms. The Morgan fingerprint density at radius 3 is 2.45 bits per heavy atom. The van der Waals surface area contributed by atoms with Gasteiger partial charge in [-0.3, -0.25) is 4.68 Å². The average molecular weight is 275 g/mol. The number of methoxy groups -OCH3 is 2. The molecule has 1 atom stereocenters. The smallest absolute Gasteiger partial charge is 0.124 e. The van der Waals surface area contributed by atoms with E-state index in [1.807, 2.05) is 50.1 Å². The van der Waals surface area contributed by atoms with Crippen molar-refractivity contribution in [3.8, 4) is 11.5 Å². The van der Waals surface area contributed by atoms with Crippen molar-refractivity contribution in [2.75, 3.05) is 21.3 Å². The summed E-state index contributed by atoms with van der Waals surface area (Å²) in [6.45, 7) is 2.01. The van der Waals surface area contributed by atoms with Gasteiger partial charge in [0.2, 0.25) is 0 Å². The predicted octanol–water partition coefficient (Wildman–Crippen LogP) is 2.05. The number of hydrogen-bond acceptors (Lipinski definition) is 4. The largest absolute Gasteiger partial charge is 0.497 e. The van der Waals surface area contributed by atoms with Gasteiger partial charge in [-0.15, -0.1) is 0 Å². The molecule has 0 aliphatic heterocycles. The minimum atomic E-state index is 0.00810. The predicted molar refractivity (Wildman–Crippen MR) is 78.4 cm³/mol. The number of hydrogen-bond donors (Lipinski definition) is 1. The highest BCUT2D eigenvalue weighted by atomic mass is 16.5. The van der Waals surface area contributed by atoms with Crippen LogP contribution in [0.15, 0.2) is 24.4 Å². The van der Waals surface area contributed by atoms with Crippen LogP contribution in [0.5, 0.6) is 11.5 Å². The molecule has 0 fully saturated rings. The van der Waals surface area contributed by atoms with E-state index in [2.05, 4.69) is 10.4 Å². The summed E-state index contributed by atoms with van der Waals surface area (Å²) in [7, 11) is 7.19. The molecule has 20 heavy (non-hydrogen) atoms. The van der Waals surface area contributed by atoms with Gasteiger partial charge in [0, 0.05) is 24.4 Å². The van der Waals surface area contributed by atoms with E-state index < -0.39 is 0 Å². The molecule has 1 aromatic carbocycles. The Bertz CT molecular complexity index is 593. The second kappa shape index (κ2) is 5.96. The zero-order valence-corrected chi connectivity index (χ0v) is 12.6. The number of benzene rings is 1. The van der Waals surface area contributed by atoms with E-state index in [0.29, 0.717) is 0 Å². The van der Waals surface area contributed by atoms with Crippen LogP contribution in [-0.4, -0.2) is 31.0 Å². The van der Waals surface area contributed by atoms with Gasteiger partial charge in [0.1, 0.15) is 11.5 Å².